The van der Waals surface area contributed by atoms with Gasteiger partial charge in [-0.25, -0.2) is 0 Å². The molecule has 0 bridgehead atoms. The second-order valence-corrected chi connectivity index (χ2v) is 5.54. The monoisotopic (exact) mass is 232 g/mol. The normalized spacial score (nSPS) is 22.5. The fraction of sp³-hybridized carbons (Fsp3) is 0.900. The molecule has 88 valence electrons. The first-order valence-electron chi connectivity index (χ1n) is 5.17. The van der Waals surface area contributed by atoms with Crippen molar-refractivity contribution in [1.82, 2.24) is 10.6 Å². The highest BCUT2D eigenvalue weighted by atomic mass is 32.2. The van der Waals surface area contributed by atoms with Crippen LogP contribution in [0.2, 0.25) is 0 Å². The van der Waals surface area contributed by atoms with E-state index in [0.717, 1.165) is 18.1 Å². The summed E-state index contributed by atoms with van der Waals surface area (Å²) in [7, 11) is 1.64. The Morgan fingerprint density at radius 1 is 1.67 bits per heavy atom. The smallest absolute Gasteiger partial charge is 0.238 e. The minimum Gasteiger partial charge on any atom is -0.382 e. The number of hydrogen-bond acceptors (Lipinski definition) is 4. The zero-order chi connectivity index (χ0) is 11.3. The van der Waals surface area contributed by atoms with Gasteiger partial charge >= 0.3 is 0 Å². The molecule has 0 radical (unpaired) electrons. The fourth-order valence-corrected chi connectivity index (χ4v) is 2.49. The molecule has 0 saturated carbocycles. The van der Waals surface area contributed by atoms with Crippen molar-refractivity contribution in [2.75, 3.05) is 31.8 Å². The van der Waals surface area contributed by atoms with Crippen LogP contribution in [0, 0.1) is 0 Å². The molecule has 1 saturated heterocycles. The third kappa shape index (κ3) is 4.40. The number of carbonyl (C=O) groups is 1. The molecule has 1 aliphatic heterocycles. The molecule has 1 unspecified atom stereocenters. The maximum absolute atomic E-state index is 11.8. The minimum absolute atomic E-state index is 0.0557. The molecule has 0 aromatic heterocycles. The van der Waals surface area contributed by atoms with Gasteiger partial charge in [0.25, 0.3) is 0 Å². The van der Waals surface area contributed by atoms with Gasteiger partial charge in [0.1, 0.15) is 0 Å². The van der Waals surface area contributed by atoms with Crippen LogP contribution < -0.4 is 10.6 Å². The van der Waals surface area contributed by atoms with Crippen LogP contribution >= 0.6 is 11.8 Å². The molecule has 4 nitrogen and oxygen atoms in total. The van der Waals surface area contributed by atoms with Gasteiger partial charge in [-0.2, -0.15) is 11.8 Å². The van der Waals surface area contributed by atoms with E-state index in [9.17, 15) is 4.79 Å². The number of ether oxygens (including phenoxy) is 1. The lowest BCUT2D eigenvalue weighted by Gasteiger charge is -2.29. The van der Waals surface area contributed by atoms with Crippen LogP contribution in [0.15, 0.2) is 0 Å². The number of nitrogens with one attached hydrogen (secondary N) is 2. The quantitative estimate of drug-likeness (QED) is 0.729. The fourth-order valence-electron chi connectivity index (χ4n) is 1.55. The molecule has 1 atom stereocenters. The van der Waals surface area contributed by atoms with E-state index in [-0.39, 0.29) is 17.5 Å². The summed E-state index contributed by atoms with van der Waals surface area (Å²) in [6, 6.07) is -0.0557. The number of methoxy groups -OCH3 is 1. The summed E-state index contributed by atoms with van der Waals surface area (Å²) < 4.78 is 5.05. The molecule has 0 aromatic carbocycles. The van der Waals surface area contributed by atoms with Crippen molar-refractivity contribution in [2.24, 2.45) is 0 Å². The number of rotatable bonds is 4. The Balaban J connectivity index is 2.39. The zero-order valence-electron chi connectivity index (χ0n) is 9.63. The third-order valence-electron chi connectivity index (χ3n) is 2.20. The first kappa shape index (κ1) is 12.8. The molecule has 1 heterocycles. The summed E-state index contributed by atoms with van der Waals surface area (Å²) in [6.45, 7) is 5.36. The first-order chi connectivity index (χ1) is 7.05. The van der Waals surface area contributed by atoms with Gasteiger partial charge in [-0.1, -0.05) is 0 Å². The van der Waals surface area contributed by atoms with Gasteiger partial charge in [0.2, 0.25) is 5.91 Å². The predicted molar refractivity (Wildman–Crippen MR) is 63.2 cm³/mol. The SMILES string of the molecule is COCC(C)(C)NC(=O)C1CSCCN1. The summed E-state index contributed by atoms with van der Waals surface area (Å²) in [4.78, 5) is 11.8. The van der Waals surface area contributed by atoms with E-state index in [1.165, 1.54) is 0 Å². The van der Waals surface area contributed by atoms with Gasteiger partial charge in [-0.15, -0.1) is 0 Å². The molecular weight excluding hydrogens is 212 g/mol. The summed E-state index contributed by atoms with van der Waals surface area (Å²) in [5, 5.41) is 6.20. The highest BCUT2D eigenvalue weighted by Gasteiger charge is 2.26. The van der Waals surface area contributed by atoms with Gasteiger partial charge in [-0.3, -0.25) is 4.79 Å². The predicted octanol–water partition coefficient (Wildman–Crippen LogP) is 0.233. The van der Waals surface area contributed by atoms with E-state index in [0.29, 0.717) is 6.61 Å². The van der Waals surface area contributed by atoms with Crippen molar-refractivity contribution in [3.05, 3.63) is 0 Å². The molecule has 0 aliphatic carbocycles. The van der Waals surface area contributed by atoms with E-state index in [1.54, 1.807) is 7.11 Å². The maximum atomic E-state index is 11.8. The second-order valence-electron chi connectivity index (χ2n) is 4.39. The van der Waals surface area contributed by atoms with Crippen molar-refractivity contribution in [3.8, 4) is 0 Å². The average Bonchev–Trinajstić information content (AvgIpc) is 2.18. The Hall–Kier alpha value is -0.260. The Morgan fingerprint density at radius 2 is 2.40 bits per heavy atom. The van der Waals surface area contributed by atoms with Crippen molar-refractivity contribution in [1.29, 1.82) is 0 Å². The van der Waals surface area contributed by atoms with E-state index >= 15 is 0 Å². The molecular formula is C10H20N2O2S. The third-order valence-corrected chi connectivity index (χ3v) is 3.27. The second kappa shape index (κ2) is 5.72. The molecule has 1 rings (SSSR count). The van der Waals surface area contributed by atoms with Crippen molar-refractivity contribution in [3.63, 3.8) is 0 Å². The summed E-state index contributed by atoms with van der Waals surface area (Å²) in [5.74, 6) is 2.02. The van der Waals surface area contributed by atoms with E-state index in [1.807, 2.05) is 25.6 Å². The van der Waals surface area contributed by atoms with Crippen molar-refractivity contribution in [2.45, 2.75) is 25.4 Å². The van der Waals surface area contributed by atoms with Gasteiger partial charge < -0.3 is 15.4 Å². The first-order valence-corrected chi connectivity index (χ1v) is 6.33. The molecule has 1 aliphatic rings. The Morgan fingerprint density at radius 3 is 2.93 bits per heavy atom. The molecule has 2 N–H and O–H groups in total. The van der Waals surface area contributed by atoms with Crippen LogP contribution in [0.3, 0.4) is 0 Å². The van der Waals surface area contributed by atoms with Crippen LogP contribution in [0.25, 0.3) is 0 Å². The highest BCUT2D eigenvalue weighted by Crippen LogP contribution is 2.09. The lowest BCUT2D eigenvalue weighted by molar-refractivity contribution is -0.124. The van der Waals surface area contributed by atoms with Crippen LogP contribution in [-0.2, 0) is 9.53 Å². The van der Waals surface area contributed by atoms with E-state index < -0.39 is 0 Å². The largest absolute Gasteiger partial charge is 0.382 e. The Kier molecular flexibility index (Phi) is 4.89. The molecule has 0 aromatic rings. The van der Waals surface area contributed by atoms with Gasteiger partial charge in [-0.05, 0) is 13.8 Å². The number of hydrogen-bond donors (Lipinski definition) is 2. The molecule has 0 spiro atoms. The Labute approximate surface area is 95.5 Å². The topological polar surface area (TPSA) is 50.4 Å². The number of thioether (sulfide) groups is 1. The zero-order valence-corrected chi connectivity index (χ0v) is 10.4. The van der Waals surface area contributed by atoms with Crippen LogP contribution in [-0.4, -0.2) is 49.3 Å². The lowest BCUT2D eigenvalue weighted by atomic mass is 10.1. The maximum Gasteiger partial charge on any atom is 0.238 e. The van der Waals surface area contributed by atoms with Gasteiger partial charge in [0.05, 0.1) is 18.2 Å². The number of amides is 1. The molecule has 1 amide bonds. The summed E-state index contributed by atoms with van der Waals surface area (Å²) >= 11 is 1.82. The lowest BCUT2D eigenvalue weighted by Crippen LogP contribution is -2.56. The minimum atomic E-state index is -0.296. The van der Waals surface area contributed by atoms with Crippen LogP contribution in [0.5, 0.6) is 0 Å². The van der Waals surface area contributed by atoms with Crippen molar-refractivity contribution >= 4 is 17.7 Å². The standard InChI is InChI=1S/C10H20N2O2S/c1-10(2,7-14-3)12-9(13)8-6-15-5-4-11-8/h8,11H,4-7H2,1-3H3,(H,12,13). The molecule has 15 heavy (non-hydrogen) atoms. The summed E-state index contributed by atoms with van der Waals surface area (Å²) in [5.41, 5.74) is -0.296. The van der Waals surface area contributed by atoms with Crippen molar-refractivity contribution < 1.29 is 9.53 Å². The average molecular weight is 232 g/mol. The van der Waals surface area contributed by atoms with E-state index in [2.05, 4.69) is 10.6 Å². The number of carbonyl (C=O) groups excluding carboxylic acids is 1. The van der Waals surface area contributed by atoms with Crippen LogP contribution in [0.1, 0.15) is 13.8 Å². The van der Waals surface area contributed by atoms with Gasteiger partial charge in [0, 0.05) is 25.2 Å². The summed E-state index contributed by atoms with van der Waals surface area (Å²) in [6.07, 6.45) is 0. The molecule has 5 heteroatoms. The van der Waals surface area contributed by atoms with Gasteiger partial charge in [0.15, 0.2) is 0 Å². The highest BCUT2D eigenvalue weighted by molar-refractivity contribution is 7.99. The van der Waals surface area contributed by atoms with Crippen LogP contribution in [0.4, 0.5) is 0 Å². The molecule has 1 fully saturated rings. The van der Waals surface area contributed by atoms with E-state index in [4.69, 9.17) is 4.74 Å². The Bertz CT molecular complexity index is 215.